The molecule has 184 valence electrons. The predicted molar refractivity (Wildman–Crippen MR) is 135 cm³/mol. The maximum Gasteiger partial charge on any atom is 0.344 e. The molecule has 2 N–H and O–H groups in total. The first-order valence-electron chi connectivity index (χ1n) is 10.8. The smallest absolute Gasteiger partial charge is 0.344 e. The summed E-state index contributed by atoms with van der Waals surface area (Å²) in [6, 6.07) is 17.6. The molecule has 36 heavy (non-hydrogen) atoms. The van der Waals surface area contributed by atoms with Crippen molar-refractivity contribution in [3.8, 4) is 11.1 Å². The average molecular weight is 507 g/mol. The third-order valence-corrected chi connectivity index (χ3v) is 7.25. The molecular formula is C26H22N2O7S. The number of carboxylic acid groups (broad SMARTS) is 1. The second-order valence-electron chi connectivity index (χ2n) is 8.12. The fourth-order valence-electron chi connectivity index (χ4n) is 3.70. The number of hydrogen-bond acceptors (Lipinski definition) is 6. The van der Waals surface area contributed by atoms with Crippen molar-refractivity contribution in [1.82, 2.24) is 5.32 Å². The van der Waals surface area contributed by atoms with E-state index in [9.17, 15) is 22.8 Å². The number of nitrogens with zero attached hydrogens (tertiary/aromatic N) is 1. The largest absolute Gasteiger partial charge is 0.480 e. The van der Waals surface area contributed by atoms with Gasteiger partial charge in [0.1, 0.15) is 12.1 Å². The molecule has 0 spiro atoms. The number of fused-ring (bicyclic) bond motifs is 1. The molecule has 1 aromatic heterocycles. The maximum atomic E-state index is 13.5. The Balaban J connectivity index is 1.88. The van der Waals surface area contributed by atoms with Crippen LogP contribution in [0.3, 0.4) is 0 Å². The van der Waals surface area contributed by atoms with Crippen molar-refractivity contribution in [2.45, 2.75) is 18.7 Å². The summed E-state index contributed by atoms with van der Waals surface area (Å²) in [6.45, 7) is 2.85. The molecule has 0 aliphatic heterocycles. The molecule has 0 radical (unpaired) electrons. The second kappa shape index (κ2) is 9.67. The molecule has 0 saturated carbocycles. The average Bonchev–Trinajstić information content (AvgIpc) is 2.83. The number of nitrogens with one attached hydrogen (secondary N) is 1. The minimum absolute atomic E-state index is 0.0597. The van der Waals surface area contributed by atoms with Crippen LogP contribution < -0.4 is 15.2 Å². The topological polar surface area (TPSA) is 134 Å². The Kier molecular flexibility index (Phi) is 6.63. The van der Waals surface area contributed by atoms with Gasteiger partial charge in [-0.2, -0.15) is 4.31 Å². The molecule has 2 amide bonds. The van der Waals surface area contributed by atoms with Crippen LogP contribution in [-0.4, -0.2) is 32.1 Å². The van der Waals surface area contributed by atoms with Crippen molar-refractivity contribution in [3.05, 3.63) is 94.3 Å². The van der Waals surface area contributed by atoms with E-state index in [0.717, 1.165) is 11.1 Å². The number of urea groups is 1. The van der Waals surface area contributed by atoms with E-state index in [1.807, 2.05) is 19.1 Å². The summed E-state index contributed by atoms with van der Waals surface area (Å²) in [4.78, 5) is 36.4. The van der Waals surface area contributed by atoms with Crippen molar-refractivity contribution in [1.29, 1.82) is 0 Å². The lowest BCUT2D eigenvalue weighted by atomic mass is 10.0. The number of aryl methyl sites for hydroxylation is 2. The van der Waals surface area contributed by atoms with E-state index in [-0.39, 0.29) is 21.7 Å². The van der Waals surface area contributed by atoms with Crippen molar-refractivity contribution in [3.63, 3.8) is 0 Å². The van der Waals surface area contributed by atoms with Crippen LogP contribution in [0.5, 0.6) is 0 Å². The zero-order chi connectivity index (χ0) is 26.0. The monoisotopic (exact) mass is 506 g/mol. The lowest BCUT2D eigenvalue weighted by Gasteiger charge is -2.23. The van der Waals surface area contributed by atoms with Gasteiger partial charge in [0.05, 0.1) is 16.1 Å². The minimum Gasteiger partial charge on any atom is -0.480 e. The highest BCUT2D eigenvalue weighted by molar-refractivity contribution is 7.93. The van der Waals surface area contributed by atoms with E-state index in [1.54, 1.807) is 37.3 Å². The van der Waals surface area contributed by atoms with E-state index >= 15 is 0 Å². The molecule has 10 heteroatoms. The summed E-state index contributed by atoms with van der Waals surface area (Å²) in [6.07, 6.45) is 0. The molecular weight excluding hydrogens is 484 g/mol. The number of carboxylic acids is 1. The molecule has 0 fully saturated rings. The number of carbonyl (C=O) groups excluding carboxylic acids is 1. The molecule has 0 atom stereocenters. The Morgan fingerprint density at radius 1 is 0.944 bits per heavy atom. The summed E-state index contributed by atoms with van der Waals surface area (Å²) in [5, 5.41) is 11.4. The summed E-state index contributed by atoms with van der Waals surface area (Å²) in [5.74, 6) is -1.33. The number of aliphatic carboxylic acids is 1. The molecule has 9 nitrogen and oxygen atoms in total. The first-order chi connectivity index (χ1) is 17.1. The van der Waals surface area contributed by atoms with Crippen molar-refractivity contribution in [2.24, 2.45) is 0 Å². The first-order valence-corrected chi connectivity index (χ1v) is 12.3. The second-order valence-corrected chi connectivity index (χ2v) is 9.91. The van der Waals surface area contributed by atoms with Crippen LogP contribution in [0, 0.1) is 13.8 Å². The highest BCUT2D eigenvalue weighted by atomic mass is 32.2. The third-order valence-electron chi connectivity index (χ3n) is 5.52. The quantitative estimate of drug-likeness (QED) is 0.377. The fraction of sp³-hybridized carbons (Fsp3) is 0.115. The number of rotatable bonds is 6. The van der Waals surface area contributed by atoms with Crippen LogP contribution in [0.4, 0.5) is 10.5 Å². The van der Waals surface area contributed by atoms with Gasteiger partial charge in [-0.05, 0) is 61.4 Å². The van der Waals surface area contributed by atoms with Gasteiger partial charge in [-0.1, -0.05) is 42.0 Å². The van der Waals surface area contributed by atoms with Gasteiger partial charge in [0, 0.05) is 5.39 Å². The van der Waals surface area contributed by atoms with Crippen LogP contribution >= 0.6 is 0 Å². The van der Waals surface area contributed by atoms with Gasteiger partial charge in [-0.15, -0.1) is 0 Å². The number of amides is 2. The van der Waals surface area contributed by atoms with E-state index in [1.165, 1.54) is 30.3 Å². The third kappa shape index (κ3) is 4.84. The normalized spacial score (nSPS) is 11.3. The van der Waals surface area contributed by atoms with Gasteiger partial charge in [0.2, 0.25) is 0 Å². The van der Waals surface area contributed by atoms with Gasteiger partial charge < -0.3 is 14.8 Å². The fourth-order valence-corrected chi connectivity index (χ4v) is 5.07. The van der Waals surface area contributed by atoms with E-state index < -0.39 is 34.2 Å². The Labute approximate surface area is 206 Å². The summed E-state index contributed by atoms with van der Waals surface area (Å²) in [5.41, 5.74) is 2.17. The lowest BCUT2D eigenvalue weighted by molar-refractivity contribution is -0.135. The van der Waals surface area contributed by atoms with E-state index in [0.29, 0.717) is 15.3 Å². The van der Waals surface area contributed by atoms with Crippen LogP contribution in [0.1, 0.15) is 11.1 Å². The molecule has 0 aliphatic rings. The molecule has 0 unspecified atom stereocenters. The predicted octanol–water partition coefficient (Wildman–Crippen LogP) is 4.07. The summed E-state index contributed by atoms with van der Waals surface area (Å²) < 4.78 is 33.0. The van der Waals surface area contributed by atoms with Crippen molar-refractivity contribution < 1.29 is 27.5 Å². The first kappa shape index (κ1) is 24.7. The van der Waals surface area contributed by atoms with Gasteiger partial charge in [0.15, 0.2) is 0 Å². The Hall–Kier alpha value is -4.44. The molecule has 4 rings (SSSR count). The minimum atomic E-state index is -4.43. The SMILES string of the molecule is Cc1ccc(S(=O)(=O)N(C(=O)NCC(=O)O)c2ccc3oc(=O)c(-c4ccccc4C)cc3c2)cc1. The summed E-state index contributed by atoms with van der Waals surface area (Å²) in [7, 11) is -4.43. The zero-order valence-electron chi connectivity index (χ0n) is 19.4. The van der Waals surface area contributed by atoms with Crippen LogP contribution in [0.15, 0.2) is 86.9 Å². The van der Waals surface area contributed by atoms with Gasteiger partial charge in [-0.25, -0.2) is 18.0 Å². The highest BCUT2D eigenvalue weighted by Gasteiger charge is 2.31. The maximum absolute atomic E-state index is 13.5. The van der Waals surface area contributed by atoms with Crippen LogP contribution in [0.2, 0.25) is 0 Å². The molecule has 0 aliphatic carbocycles. The van der Waals surface area contributed by atoms with E-state index in [4.69, 9.17) is 9.52 Å². The molecule has 3 aromatic carbocycles. The Morgan fingerprint density at radius 2 is 1.64 bits per heavy atom. The number of hydrogen-bond donors (Lipinski definition) is 2. The number of anilines is 1. The van der Waals surface area contributed by atoms with Gasteiger partial charge >= 0.3 is 17.6 Å². The van der Waals surface area contributed by atoms with Crippen LogP contribution in [0.25, 0.3) is 22.1 Å². The van der Waals surface area contributed by atoms with Crippen molar-refractivity contribution >= 4 is 38.7 Å². The summed E-state index contributed by atoms with van der Waals surface area (Å²) >= 11 is 0. The number of benzene rings is 3. The molecule has 0 bridgehead atoms. The molecule has 0 saturated heterocycles. The number of carbonyl (C=O) groups is 2. The standard InChI is InChI=1S/C26H22N2O7S/c1-16-7-10-20(11-8-16)36(33,34)28(26(32)27-15-24(29)30)19-9-12-23-18(13-19)14-22(25(31)35-23)21-6-4-3-5-17(21)2/h3-14H,15H2,1-2H3,(H,27,32)(H,29,30). The molecule has 1 heterocycles. The Bertz CT molecular complexity index is 1640. The van der Waals surface area contributed by atoms with Crippen molar-refractivity contribution in [2.75, 3.05) is 10.8 Å². The molecule has 4 aromatic rings. The highest BCUT2D eigenvalue weighted by Crippen LogP contribution is 2.30. The zero-order valence-corrected chi connectivity index (χ0v) is 20.2. The Morgan fingerprint density at radius 3 is 2.31 bits per heavy atom. The van der Waals surface area contributed by atoms with Gasteiger partial charge in [-0.3, -0.25) is 4.79 Å². The van der Waals surface area contributed by atoms with E-state index in [2.05, 4.69) is 5.32 Å². The lowest BCUT2D eigenvalue weighted by Crippen LogP contribution is -2.45. The number of sulfonamides is 1. The van der Waals surface area contributed by atoms with Crippen LogP contribution in [-0.2, 0) is 14.8 Å². The van der Waals surface area contributed by atoms with Gasteiger partial charge in [0.25, 0.3) is 10.0 Å².